The number of benzene rings is 1. The van der Waals surface area contributed by atoms with Gasteiger partial charge in [-0.1, -0.05) is 30.3 Å². The van der Waals surface area contributed by atoms with Crippen LogP contribution in [-0.2, 0) is 28.7 Å². The average Bonchev–Trinajstić information content (AvgIpc) is 3.20. The highest BCUT2D eigenvalue weighted by Gasteiger charge is 2.37. The summed E-state index contributed by atoms with van der Waals surface area (Å²) in [6.07, 6.45) is -1.25. The largest absolute Gasteiger partial charge is 0.416 e. The van der Waals surface area contributed by atoms with Gasteiger partial charge in [-0.05, 0) is 30.9 Å². The van der Waals surface area contributed by atoms with E-state index in [0.717, 1.165) is 24.2 Å². The third-order valence-electron chi connectivity index (χ3n) is 5.23. The van der Waals surface area contributed by atoms with Gasteiger partial charge in [-0.15, -0.1) is 0 Å². The van der Waals surface area contributed by atoms with E-state index in [1.165, 1.54) is 6.92 Å². The smallest absolute Gasteiger partial charge is 0.352 e. The minimum atomic E-state index is -4.58. The van der Waals surface area contributed by atoms with E-state index in [1.807, 2.05) is 30.3 Å². The highest BCUT2D eigenvalue weighted by molar-refractivity contribution is 5.77. The number of carbonyl (C=O) groups is 2. The minimum Gasteiger partial charge on any atom is -0.352 e. The molecular weight excluding hydrogens is 395 g/mol. The van der Waals surface area contributed by atoms with E-state index >= 15 is 0 Å². The van der Waals surface area contributed by atoms with Crippen LogP contribution in [0.4, 0.5) is 13.2 Å². The fraction of sp³-hybridized carbons (Fsp3) is 0.409. The molecule has 1 saturated heterocycles. The monoisotopic (exact) mass is 419 g/mol. The number of nitrogens with zero attached hydrogens (tertiary/aromatic N) is 2. The van der Waals surface area contributed by atoms with E-state index in [0.29, 0.717) is 25.8 Å². The van der Waals surface area contributed by atoms with Crippen LogP contribution in [0.3, 0.4) is 0 Å². The van der Waals surface area contributed by atoms with Crippen LogP contribution in [0, 0.1) is 0 Å². The second-order valence-corrected chi connectivity index (χ2v) is 7.40. The maximum atomic E-state index is 13.6. The lowest BCUT2D eigenvalue weighted by Crippen LogP contribution is -2.31. The van der Waals surface area contributed by atoms with Crippen LogP contribution < -0.4 is 5.32 Å². The van der Waals surface area contributed by atoms with Crippen molar-refractivity contribution in [3.8, 4) is 0 Å². The molecule has 0 spiro atoms. The number of hydrogen-bond acceptors (Lipinski definition) is 3. The number of pyridine rings is 1. The van der Waals surface area contributed by atoms with Gasteiger partial charge < -0.3 is 10.2 Å². The normalized spacial score (nSPS) is 16.5. The number of hydrogen-bond donors (Lipinski definition) is 1. The first kappa shape index (κ1) is 21.8. The van der Waals surface area contributed by atoms with Crippen LogP contribution in [0.2, 0.25) is 0 Å². The molecule has 2 amide bonds. The summed E-state index contributed by atoms with van der Waals surface area (Å²) >= 11 is 0. The number of aromatic nitrogens is 1. The van der Waals surface area contributed by atoms with Gasteiger partial charge in [0, 0.05) is 38.2 Å². The standard InChI is InChI=1S/C22H24F3N3O2/c1-15(29)26-13-17-14-27-19(12-18(17)22(23,24)25)20-8-5-11-28(20)21(30)10-9-16-6-3-2-4-7-16/h2-4,6-7,12,14,20H,5,8-11,13H2,1H3,(H,26,29). The Kier molecular flexibility index (Phi) is 6.74. The van der Waals surface area contributed by atoms with Crippen molar-refractivity contribution in [2.45, 2.75) is 51.4 Å². The van der Waals surface area contributed by atoms with Gasteiger partial charge in [-0.3, -0.25) is 14.6 Å². The molecule has 1 fully saturated rings. The molecule has 160 valence electrons. The summed E-state index contributed by atoms with van der Waals surface area (Å²) in [7, 11) is 0. The van der Waals surface area contributed by atoms with E-state index in [2.05, 4.69) is 10.3 Å². The molecule has 5 nitrogen and oxygen atoms in total. The number of nitrogens with one attached hydrogen (secondary N) is 1. The lowest BCUT2D eigenvalue weighted by Gasteiger charge is -2.25. The van der Waals surface area contributed by atoms with Crippen LogP contribution in [0.5, 0.6) is 0 Å². The Labute approximate surface area is 173 Å². The van der Waals surface area contributed by atoms with Gasteiger partial charge in [-0.2, -0.15) is 13.2 Å². The predicted molar refractivity (Wildman–Crippen MR) is 105 cm³/mol. The molecular formula is C22H24F3N3O2. The van der Waals surface area contributed by atoms with Crippen LogP contribution in [0.15, 0.2) is 42.6 Å². The summed E-state index contributed by atoms with van der Waals surface area (Å²) in [5.74, 6) is -0.503. The van der Waals surface area contributed by atoms with Crippen molar-refractivity contribution in [2.24, 2.45) is 0 Å². The van der Waals surface area contributed by atoms with Crippen LogP contribution >= 0.6 is 0 Å². The SMILES string of the molecule is CC(=O)NCc1cnc(C2CCCN2C(=O)CCc2ccccc2)cc1C(F)(F)F. The van der Waals surface area contributed by atoms with E-state index in [-0.39, 0.29) is 23.7 Å². The second-order valence-electron chi connectivity index (χ2n) is 7.40. The van der Waals surface area contributed by atoms with Crippen molar-refractivity contribution in [1.29, 1.82) is 0 Å². The van der Waals surface area contributed by atoms with Crippen LogP contribution in [0.1, 0.15) is 54.6 Å². The van der Waals surface area contributed by atoms with Gasteiger partial charge in [0.25, 0.3) is 0 Å². The molecule has 0 bridgehead atoms. The highest BCUT2D eigenvalue weighted by atomic mass is 19.4. The fourth-order valence-corrected chi connectivity index (χ4v) is 3.72. The van der Waals surface area contributed by atoms with Gasteiger partial charge in [0.15, 0.2) is 0 Å². The average molecular weight is 419 g/mol. The number of likely N-dealkylation sites (tertiary alicyclic amines) is 1. The predicted octanol–water partition coefficient (Wildman–Crippen LogP) is 4.03. The third kappa shape index (κ3) is 5.37. The second kappa shape index (κ2) is 9.28. The summed E-state index contributed by atoms with van der Waals surface area (Å²) in [6.45, 7) is 1.50. The Morgan fingerprint density at radius 2 is 1.97 bits per heavy atom. The molecule has 0 radical (unpaired) electrons. The van der Waals surface area contributed by atoms with E-state index in [1.54, 1.807) is 4.90 Å². The van der Waals surface area contributed by atoms with Crippen LogP contribution in [-0.4, -0.2) is 28.2 Å². The summed E-state index contributed by atoms with van der Waals surface area (Å²) in [5, 5.41) is 2.38. The molecule has 2 heterocycles. The number of amides is 2. The number of rotatable bonds is 6. The van der Waals surface area contributed by atoms with Gasteiger partial charge in [0.1, 0.15) is 0 Å². The molecule has 1 aromatic heterocycles. The summed E-state index contributed by atoms with van der Waals surface area (Å²) in [5.41, 5.74) is 0.354. The molecule has 1 N–H and O–H groups in total. The van der Waals surface area contributed by atoms with Gasteiger partial charge in [0.2, 0.25) is 11.8 Å². The molecule has 30 heavy (non-hydrogen) atoms. The van der Waals surface area contributed by atoms with Crippen molar-refractivity contribution in [2.75, 3.05) is 6.54 Å². The summed E-state index contributed by atoms with van der Waals surface area (Å²) in [6, 6.07) is 10.2. The molecule has 0 saturated carbocycles. The zero-order valence-corrected chi connectivity index (χ0v) is 16.7. The van der Waals surface area contributed by atoms with E-state index < -0.39 is 23.7 Å². The fourth-order valence-electron chi connectivity index (χ4n) is 3.72. The quantitative estimate of drug-likeness (QED) is 0.769. The molecule has 0 aliphatic carbocycles. The lowest BCUT2D eigenvalue weighted by atomic mass is 10.0. The van der Waals surface area contributed by atoms with Crippen molar-refractivity contribution < 1.29 is 22.8 Å². The third-order valence-corrected chi connectivity index (χ3v) is 5.23. The topological polar surface area (TPSA) is 62.3 Å². The first-order valence-electron chi connectivity index (χ1n) is 9.89. The first-order chi connectivity index (χ1) is 14.3. The Morgan fingerprint density at radius 1 is 1.23 bits per heavy atom. The van der Waals surface area contributed by atoms with Crippen molar-refractivity contribution in [3.05, 3.63) is 65.0 Å². The number of carbonyl (C=O) groups excluding carboxylic acids is 2. The molecule has 1 atom stereocenters. The summed E-state index contributed by atoms with van der Waals surface area (Å²) in [4.78, 5) is 29.7. The van der Waals surface area contributed by atoms with E-state index in [9.17, 15) is 22.8 Å². The number of halogens is 3. The highest BCUT2D eigenvalue weighted by Crippen LogP contribution is 2.37. The van der Waals surface area contributed by atoms with Crippen molar-refractivity contribution in [1.82, 2.24) is 15.2 Å². The molecule has 8 heteroatoms. The van der Waals surface area contributed by atoms with Crippen LogP contribution in [0.25, 0.3) is 0 Å². The molecule has 1 unspecified atom stereocenters. The Morgan fingerprint density at radius 3 is 2.63 bits per heavy atom. The maximum absolute atomic E-state index is 13.6. The molecule has 2 aromatic rings. The van der Waals surface area contributed by atoms with Gasteiger partial charge >= 0.3 is 6.18 Å². The van der Waals surface area contributed by atoms with Crippen molar-refractivity contribution in [3.63, 3.8) is 0 Å². The van der Waals surface area contributed by atoms with E-state index in [4.69, 9.17) is 0 Å². The van der Waals surface area contributed by atoms with Crippen molar-refractivity contribution >= 4 is 11.8 Å². The zero-order valence-electron chi connectivity index (χ0n) is 16.7. The molecule has 3 rings (SSSR count). The van der Waals surface area contributed by atoms with Gasteiger partial charge in [0.05, 0.1) is 17.3 Å². The molecule has 1 aliphatic heterocycles. The molecule has 1 aliphatic rings. The van der Waals surface area contributed by atoms with Gasteiger partial charge in [-0.25, -0.2) is 0 Å². The Hall–Kier alpha value is -2.90. The first-order valence-corrected chi connectivity index (χ1v) is 9.89. The lowest BCUT2D eigenvalue weighted by molar-refractivity contribution is -0.138. The molecule has 1 aromatic carbocycles. The zero-order chi connectivity index (χ0) is 21.7. The maximum Gasteiger partial charge on any atom is 0.416 e. The number of aryl methyl sites for hydroxylation is 1. The Bertz CT molecular complexity index is 900. The Balaban J connectivity index is 1.77. The summed E-state index contributed by atoms with van der Waals surface area (Å²) < 4.78 is 40.7. The minimum absolute atomic E-state index is 0.0842. The number of alkyl halides is 3.